The highest BCUT2D eigenvalue weighted by Gasteiger charge is 2.15. The zero-order chi connectivity index (χ0) is 15.2. The number of rotatable bonds is 6. The fourth-order valence-electron chi connectivity index (χ4n) is 2.16. The predicted octanol–water partition coefficient (Wildman–Crippen LogP) is 4.88. The minimum Gasteiger partial charge on any atom is -0.370 e. The largest absolute Gasteiger partial charge is 0.370 e. The summed E-state index contributed by atoms with van der Waals surface area (Å²) in [6, 6.07) is 8.52. The molecule has 0 bridgehead atoms. The highest BCUT2D eigenvalue weighted by atomic mass is 32.2. The molecule has 112 valence electrons. The van der Waals surface area contributed by atoms with Gasteiger partial charge in [0, 0.05) is 17.0 Å². The molecule has 0 spiro atoms. The van der Waals surface area contributed by atoms with Crippen molar-refractivity contribution in [1.82, 2.24) is 9.97 Å². The standard InChI is InChI=1S/C17H23N3S/c1-5-9-18-16-15(12(2)3)17(20-11-19-16)21-14-8-6-7-13(4)10-14/h6-8,10-12H,5,9H2,1-4H3,(H,18,19,20). The Labute approximate surface area is 131 Å². The Balaban J connectivity index is 2.33. The van der Waals surface area contributed by atoms with Crippen molar-refractivity contribution < 1.29 is 0 Å². The Morgan fingerprint density at radius 3 is 2.71 bits per heavy atom. The first-order valence-electron chi connectivity index (χ1n) is 7.45. The maximum Gasteiger partial charge on any atom is 0.134 e. The molecule has 0 saturated carbocycles. The Bertz CT molecular complexity index is 596. The lowest BCUT2D eigenvalue weighted by Crippen LogP contribution is -2.08. The smallest absolute Gasteiger partial charge is 0.134 e. The normalized spacial score (nSPS) is 10.9. The van der Waals surface area contributed by atoms with Crippen LogP contribution in [0.5, 0.6) is 0 Å². The van der Waals surface area contributed by atoms with E-state index < -0.39 is 0 Å². The number of anilines is 1. The van der Waals surface area contributed by atoms with Gasteiger partial charge in [0.1, 0.15) is 17.2 Å². The predicted molar refractivity (Wildman–Crippen MR) is 90.2 cm³/mol. The van der Waals surface area contributed by atoms with E-state index in [-0.39, 0.29) is 0 Å². The van der Waals surface area contributed by atoms with Crippen LogP contribution in [0, 0.1) is 6.92 Å². The fourth-order valence-corrected chi connectivity index (χ4v) is 3.31. The molecule has 0 saturated heterocycles. The van der Waals surface area contributed by atoms with E-state index >= 15 is 0 Å². The number of nitrogens with one attached hydrogen (secondary N) is 1. The van der Waals surface area contributed by atoms with E-state index in [0.29, 0.717) is 5.92 Å². The van der Waals surface area contributed by atoms with Gasteiger partial charge < -0.3 is 5.32 Å². The summed E-state index contributed by atoms with van der Waals surface area (Å²) in [5.74, 6) is 1.36. The SMILES string of the molecule is CCCNc1ncnc(Sc2cccc(C)c2)c1C(C)C. The average Bonchev–Trinajstić information content (AvgIpc) is 2.45. The van der Waals surface area contributed by atoms with E-state index in [9.17, 15) is 0 Å². The topological polar surface area (TPSA) is 37.8 Å². The van der Waals surface area contributed by atoms with E-state index in [0.717, 1.165) is 23.8 Å². The molecule has 2 rings (SSSR count). The minimum absolute atomic E-state index is 0.387. The Hall–Kier alpha value is -1.55. The summed E-state index contributed by atoms with van der Waals surface area (Å²) in [5.41, 5.74) is 2.47. The van der Waals surface area contributed by atoms with Gasteiger partial charge in [0.05, 0.1) is 0 Å². The van der Waals surface area contributed by atoms with Crippen LogP contribution in [0.4, 0.5) is 5.82 Å². The molecule has 2 aromatic rings. The van der Waals surface area contributed by atoms with Gasteiger partial charge in [0.15, 0.2) is 0 Å². The second-order valence-electron chi connectivity index (χ2n) is 5.44. The molecule has 1 aromatic heterocycles. The molecule has 0 atom stereocenters. The van der Waals surface area contributed by atoms with Crippen LogP contribution < -0.4 is 5.32 Å². The van der Waals surface area contributed by atoms with E-state index in [4.69, 9.17) is 0 Å². The maximum absolute atomic E-state index is 4.51. The Morgan fingerprint density at radius 1 is 1.24 bits per heavy atom. The maximum atomic E-state index is 4.51. The lowest BCUT2D eigenvalue weighted by Gasteiger charge is -2.16. The van der Waals surface area contributed by atoms with Crippen LogP contribution in [-0.2, 0) is 0 Å². The van der Waals surface area contributed by atoms with E-state index in [1.165, 1.54) is 16.0 Å². The third-order valence-corrected chi connectivity index (χ3v) is 4.18. The van der Waals surface area contributed by atoms with Crippen molar-refractivity contribution in [2.75, 3.05) is 11.9 Å². The molecule has 3 nitrogen and oxygen atoms in total. The van der Waals surface area contributed by atoms with E-state index in [1.807, 2.05) is 0 Å². The second-order valence-corrected chi connectivity index (χ2v) is 6.50. The highest BCUT2D eigenvalue weighted by Crippen LogP contribution is 2.35. The van der Waals surface area contributed by atoms with E-state index in [1.54, 1.807) is 18.1 Å². The summed E-state index contributed by atoms with van der Waals surface area (Å²) in [4.78, 5) is 10.1. The van der Waals surface area contributed by atoms with Gasteiger partial charge in [0.2, 0.25) is 0 Å². The molecule has 1 N–H and O–H groups in total. The lowest BCUT2D eigenvalue weighted by atomic mass is 10.1. The molecular formula is C17H23N3S. The van der Waals surface area contributed by atoms with Crippen molar-refractivity contribution in [1.29, 1.82) is 0 Å². The quantitative estimate of drug-likeness (QED) is 0.772. The van der Waals surface area contributed by atoms with Crippen LogP contribution in [0.15, 0.2) is 40.5 Å². The number of hydrogen-bond acceptors (Lipinski definition) is 4. The van der Waals surface area contributed by atoms with Crippen molar-refractivity contribution in [3.05, 3.63) is 41.7 Å². The van der Waals surface area contributed by atoms with Crippen molar-refractivity contribution in [2.45, 2.75) is 50.0 Å². The summed E-state index contributed by atoms with van der Waals surface area (Å²) in [6.45, 7) is 9.59. The van der Waals surface area contributed by atoms with Crippen molar-refractivity contribution in [3.8, 4) is 0 Å². The van der Waals surface area contributed by atoms with Gasteiger partial charge in [0.25, 0.3) is 0 Å². The Kier molecular flexibility index (Phi) is 5.62. The van der Waals surface area contributed by atoms with Gasteiger partial charge >= 0.3 is 0 Å². The van der Waals surface area contributed by atoms with Crippen LogP contribution in [0.2, 0.25) is 0 Å². The molecule has 0 amide bonds. The fraction of sp³-hybridized carbons (Fsp3) is 0.412. The van der Waals surface area contributed by atoms with Gasteiger partial charge in [-0.2, -0.15) is 0 Å². The number of aromatic nitrogens is 2. The monoisotopic (exact) mass is 301 g/mol. The molecule has 0 unspecified atom stereocenters. The van der Waals surface area contributed by atoms with Crippen LogP contribution in [0.1, 0.15) is 44.2 Å². The zero-order valence-corrected chi connectivity index (χ0v) is 14.0. The molecule has 0 aliphatic rings. The van der Waals surface area contributed by atoms with Gasteiger partial charge in [-0.3, -0.25) is 0 Å². The lowest BCUT2D eigenvalue weighted by molar-refractivity contribution is 0.800. The first-order chi connectivity index (χ1) is 10.1. The van der Waals surface area contributed by atoms with Crippen molar-refractivity contribution >= 4 is 17.6 Å². The number of benzene rings is 1. The first kappa shape index (κ1) is 15.8. The molecule has 0 radical (unpaired) electrons. The van der Waals surface area contributed by atoms with Crippen LogP contribution in [-0.4, -0.2) is 16.5 Å². The summed E-state index contributed by atoms with van der Waals surface area (Å²) < 4.78 is 0. The van der Waals surface area contributed by atoms with Crippen LogP contribution in [0.25, 0.3) is 0 Å². The number of hydrogen-bond donors (Lipinski definition) is 1. The summed E-state index contributed by atoms with van der Waals surface area (Å²) in [5, 5.41) is 4.46. The third-order valence-electron chi connectivity index (χ3n) is 3.17. The summed E-state index contributed by atoms with van der Waals surface area (Å²) >= 11 is 1.71. The van der Waals surface area contributed by atoms with Crippen LogP contribution >= 0.6 is 11.8 Å². The average molecular weight is 301 g/mol. The molecule has 1 heterocycles. The van der Waals surface area contributed by atoms with Gasteiger partial charge in [-0.15, -0.1) is 0 Å². The van der Waals surface area contributed by atoms with Gasteiger partial charge in [-0.1, -0.05) is 50.2 Å². The molecule has 1 aromatic carbocycles. The molecule has 0 fully saturated rings. The van der Waals surface area contributed by atoms with E-state index in [2.05, 4.69) is 67.2 Å². The van der Waals surface area contributed by atoms with Gasteiger partial charge in [-0.05, 0) is 31.4 Å². The zero-order valence-electron chi connectivity index (χ0n) is 13.2. The van der Waals surface area contributed by atoms with Crippen LogP contribution in [0.3, 0.4) is 0 Å². The first-order valence-corrected chi connectivity index (χ1v) is 8.26. The van der Waals surface area contributed by atoms with Gasteiger partial charge in [-0.25, -0.2) is 9.97 Å². The molecule has 4 heteroatoms. The summed E-state index contributed by atoms with van der Waals surface area (Å²) in [6.07, 6.45) is 2.74. The highest BCUT2D eigenvalue weighted by molar-refractivity contribution is 7.99. The molecule has 0 aliphatic carbocycles. The molecule has 21 heavy (non-hydrogen) atoms. The molecule has 0 aliphatic heterocycles. The second kappa shape index (κ2) is 7.46. The summed E-state index contributed by atoms with van der Waals surface area (Å²) in [7, 11) is 0. The van der Waals surface area contributed by atoms with Crippen molar-refractivity contribution in [2.24, 2.45) is 0 Å². The minimum atomic E-state index is 0.387. The molecular weight excluding hydrogens is 278 g/mol. The number of aryl methyl sites for hydroxylation is 1. The Morgan fingerprint density at radius 2 is 2.05 bits per heavy atom. The van der Waals surface area contributed by atoms with Crippen molar-refractivity contribution in [3.63, 3.8) is 0 Å². The number of nitrogens with zero attached hydrogens (tertiary/aromatic N) is 2. The third kappa shape index (κ3) is 4.21.